The number of rotatable bonds is 0. The van der Waals surface area contributed by atoms with Gasteiger partial charge in [-0.25, -0.2) is 0 Å². The summed E-state index contributed by atoms with van der Waals surface area (Å²) in [6, 6.07) is 0. The number of hydrogen-bond donors (Lipinski definition) is 2. The summed E-state index contributed by atoms with van der Waals surface area (Å²) in [6.07, 6.45) is 0. The van der Waals surface area contributed by atoms with Crippen LogP contribution in [-0.4, -0.2) is 67.6 Å². The Balaban J connectivity index is -0.00000000750. The average Bonchev–Trinajstić information content (AvgIpc) is 0.811. The smallest absolute Gasteiger partial charge is 1.00 e. The van der Waals surface area contributed by atoms with Gasteiger partial charge in [-0.2, -0.15) is 0 Å². The van der Waals surface area contributed by atoms with Gasteiger partial charge in [0, 0.05) is 35.6 Å². The molecular weight excluding hydrogens is 352 g/mol. The van der Waals surface area contributed by atoms with E-state index in [0.29, 0.717) is 0 Å². The van der Waals surface area contributed by atoms with E-state index >= 15 is 0 Å². The molecule has 0 aromatic rings. The zero-order chi connectivity index (χ0) is 3.58. The van der Waals surface area contributed by atoms with Crippen LogP contribution in [0.3, 0.4) is 0 Å². The van der Waals surface area contributed by atoms with Gasteiger partial charge in [-0.3, -0.25) is 4.46 Å². The fourth-order valence-electron chi connectivity index (χ4n) is 0. The molecule has 0 saturated heterocycles. The van der Waals surface area contributed by atoms with Crippen LogP contribution in [-0.2, 0) is 4.46 Å². The van der Waals surface area contributed by atoms with Crippen LogP contribution in [0.4, 0.5) is 0 Å². The maximum absolute atomic E-state index is 8.74. The van der Waals surface area contributed by atoms with Gasteiger partial charge in [0.05, 0.1) is 0 Å². The third-order valence-corrected chi connectivity index (χ3v) is 0. The predicted octanol–water partition coefficient (Wildman–Crippen LogP) is -1.77. The Kier molecular flexibility index (Phi) is 27.3. The summed E-state index contributed by atoms with van der Waals surface area (Å²) in [5.41, 5.74) is 0. The largest absolute Gasteiger partial charge is 2.00 e. The average molecular weight is 356 g/mol. The topological polar surface area (TPSA) is 57.5 Å². The molecule has 0 atom stereocenters. The zero-order valence-corrected chi connectivity index (χ0v) is 12.2. The van der Waals surface area contributed by atoms with Crippen LogP contribution >= 0.6 is 0 Å². The summed E-state index contributed by atoms with van der Waals surface area (Å²) in [7, 11) is -3.13. The molecule has 6 heteroatoms. The molecule has 0 aliphatic carbocycles. The van der Waals surface area contributed by atoms with E-state index in [1.165, 1.54) is 0 Å². The molecule has 1 radical (unpaired) electrons. The summed E-state index contributed by atoms with van der Waals surface area (Å²) < 4.78 is 8.74. The Bertz CT molecular complexity index is 40.3. The van der Waals surface area contributed by atoms with E-state index in [0.717, 1.165) is 0 Å². The molecule has 0 rings (SSSR count). The third kappa shape index (κ3) is 32.6. The van der Waals surface area contributed by atoms with Crippen LogP contribution in [0.5, 0.6) is 0 Å². The van der Waals surface area contributed by atoms with Gasteiger partial charge in [0.25, 0.3) is 0 Å². The summed E-state index contributed by atoms with van der Waals surface area (Å²) in [5.74, 6) is 0. The summed E-state index contributed by atoms with van der Waals surface area (Å²) in [6.45, 7) is 0. The molecule has 0 aromatic carbocycles. The van der Waals surface area contributed by atoms with Crippen molar-refractivity contribution in [2.45, 2.75) is 0 Å². The van der Waals surface area contributed by atoms with Crippen LogP contribution in [0.1, 0.15) is 2.85 Å². The molecule has 0 aromatic heterocycles. The maximum atomic E-state index is 8.74. The Labute approximate surface area is 108 Å². The standard InChI is InChI=1S/Ba.La.H2O3Si.2H/c;;1-4(2)3;;/h;;1-2H;;/q+2;;;2*-1. The Hall–Kier alpha value is 2.38. The molecule has 0 aliphatic heterocycles. The van der Waals surface area contributed by atoms with Gasteiger partial charge in [0.1, 0.15) is 0 Å². The molecule has 6 heavy (non-hydrogen) atoms. The Morgan fingerprint density at radius 3 is 1.50 bits per heavy atom. The van der Waals surface area contributed by atoms with E-state index in [1.54, 1.807) is 0 Å². The quantitative estimate of drug-likeness (QED) is 0.505. The summed E-state index contributed by atoms with van der Waals surface area (Å²) in [5, 5.41) is 0. The molecule has 3 nitrogen and oxygen atoms in total. The van der Waals surface area contributed by atoms with Crippen molar-refractivity contribution in [2.24, 2.45) is 0 Å². The van der Waals surface area contributed by atoms with Gasteiger partial charge in [0.2, 0.25) is 0 Å². The third-order valence-electron chi connectivity index (χ3n) is 0. The van der Waals surface area contributed by atoms with Gasteiger partial charge >= 0.3 is 58.1 Å². The molecule has 0 aliphatic rings. The Morgan fingerprint density at radius 2 is 1.50 bits per heavy atom. The minimum atomic E-state index is -3.13. The van der Waals surface area contributed by atoms with Crippen molar-refractivity contribution in [1.82, 2.24) is 0 Å². The summed E-state index contributed by atoms with van der Waals surface area (Å²) >= 11 is 0. The van der Waals surface area contributed by atoms with E-state index in [2.05, 4.69) is 0 Å². The van der Waals surface area contributed by atoms with Gasteiger partial charge < -0.3 is 12.4 Å². The van der Waals surface area contributed by atoms with Gasteiger partial charge in [-0.15, -0.1) is 0 Å². The van der Waals surface area contributed by atoms with Crippen LogP contribution < -0.4 is 0 Å². The predicted molar refractivity (Wildman–Crippen MR) is 18.9 cm³/mol. The van der Waals surface area contributed by atoms with Crippen molar-refractivity contribution in [3.8, 4) is 0 Å². The van der Waals surface area contributed by atoms with Gasteiger partial charge in [0.15, 0.2) is 0 Å². The van der Waals surface area contributed by atoms with Crippen molar-refractivity contribution in [3.05, 3.63) is 0 Å². The van der Waals surface area contributed by atoms with Crippen LogP contribution in [0.2, 0.25) is 0 Å². The first kappa shape index (κ1) is 15.8. The molecule has 0 fully saturated rings. The maximum Gasteiger partial charge on any atom is 2.00 e. The second-order valence-corrected chi connectivity index (χ2v) is 0.848. The van der Waals surface area contributed by atoms with Crippen molar-refractivity contribution >= 4 is 58.1 Å². The van der Waals surface area contributed by atoms with E-state index in [9.17, 15) is 0 Å². The molecule has 0 bridgehead atoms. The van der Waals surface area contributed by atoms with E-state index < -0.39 is 9.17 Å². The van der Waals surface area contributed by atoms with Crippen LogP contribution in [0.15, 0.2) is 0 Å². The van der Waals surface area contributed by atoms with E-state index in [1.807, 2.05) is 0 Å². The molecule has 0 unspecified atom stereocenters. The van der Waals surface area contributed by atoms with Crippen LogP contribution in [0, 0.1) is 35.6 Å². The number of hydrogen-bond acceptors (Lipinski definition) is 1. The van der Waals surface area contributed by atoms with Gasteiger partial charge in [-0.05, 0) is 0 Å². The van der Waals surface area contributed by atoms with Gasteiger partial charge in [-0.1, -0.05) is 0 Å². The van der Waals surface area contributed by atoms with E-state index in [4.69, 9.17) is 14.1 Å². The SMILES string of the molecule is O=[Si](O)O.[Ba+2].[H-].[H-].[La]. The molecule has 0 saturated carbocycles. The monoisotopic (exact) mass is 357 g/mol. The second kappa shape index (κ2) is 10.4. The summed E-state index contributed by atoms with van der Waals surface area (Å²) in [4.78, 5) is 14.3. The first-order chi connectivity index (χ1) is 1.73. The molecule has 31 valence electrons. The fraction of sp³-hybridized carbons (Fsp3) is 0. The first-order valence-corrected chi connectivity index (χ1v) is 1.95. The fourth-order valence-corrected chi connectivity index (χ4v) is 0. The van der Waals surface area contributed by atoms with Crippen molar-refractivity contribution in [1.29, 1.82) is 0 Å². The van der Waals surface area contributed by atoms with E-state index in [-0.39, 0.29) is 87.3 Å². The normalized spacial score (nSPS) is 4.00. The Morgan fingerprint density at radius 1 is 1.50 bits per heavy atom. The first-order valence-electron chi connectivity index (χ1n) is 0.651. The zero-order valence-electron chi connectivity index (χ0n) is 5.09. The van der Waals surface area contributed by atoms with Crippen molar-refractivity contribution in [2.75, 3.05) is 0 Å². The molecule has 0 amide bonds. The minimum Gasteiger partial charge on any atom is -1.00 e. The molecule has 2 N–H and O–H groups in total. The minimum absolute atomic E-state index is 0. The molecular formula is H4BaLaO3Si. The van der Waals surface area contributed by atoms with Crippen molar-refractivity contribution < 1.29 is 52.5 Å². The second-order valence-electron chi connectivity index (χ2n) is 0.283. The van der Waals surface area contributed by atoms with Crippen molar-refractivity contribution in [3.63, 3.8) is 0 Å². The van der Waals surface area contributed by atoms with Crippen LogP contribution in [0.25, 0.3) is 0 Å². The molecule has 0 spiro atoms. The molecule has 0 heterocycles.